The van der Waals surface area contributed by atoms with E-state index in [1.54, 1.807) is 0 Å². The van der Waals surface area contributed by atoms with Crippen molar-refractivity contribution in [2.24, 2.45) is 10.8 Å². The minimum atomic E-state index is -0.337. The molecule has 0 bridgehead atoms. The van der Waals surface area contributed by atoms with Gasteiger partial charge in [-0.2, -0.15) is 0 Å². The molecule has 3 aromatic heterocycles. The maximum absolute atomic E-state index is 12.2. The molecule has 0 atom stereocenters. The van der Waals surface area contributed by atoms with Crippen molar-refractivity contribution in [2.45, 2.75) is 100 Å². The Labute approximate surface area is 326 Å². The largest absolute Gasteiger partial charge is 0.512 e. The summed E-state index contributed by atoms with van der Waals surface area (Å²) in [7, 11) is 0. The smallest absolute Gasteiger partial charge is 0.164 e. The van der Waals surface area contributed by atoms with Gasteiger partial charge in [-0.15, -0.1) is 51.8 Å². The number of aryl methyl sites for hydroxylation is 1. The summed E-state index contributed by atoms with van der Waals surface area (Å²) in [5, 5.41) is 15.1. The van der Waals surface area contributed by atoms with Crippen LogP contribution in [0.2, 0.25) is 0 Å². The Kier molecular flexibility index (Phi) is 12.9. The van der Waals surface area contributed by atoms with Crippen molar-refractivity contribution in [3.63, 3.8) is 0 Å². The van der Waals surface area contributed by atoms with E-state index in [9.17, 15) is 9.90 Å². The third kappa shape index (κ3) is 8.25. The molecule has 6 rings (SSSR count). The van der Waals surface area contributed by atoms with Crippen molar-refractivity contribution in [1.29, 1.82) is 0 Å². The van der Waals surface area contributed by atoms with Gasteiger partial charge >= 0.3 is 0 Å². The fourth-order valence-electron chi connectivity index (χ4n) is 6.36. The molecule has 0 amide bonds. The van der Waals surface area contributed by atoms with Crippen LogP contribution in [0.1, 0.15) is 99.1 Å². The van der Waals surface area contributed by atoms with E-state index in [2.05, 4.69) is 100 Å². The van der Waals surface area contributed by atoms with Crippen molar-refractivity contribution >= 4 is 59.4 Å². The molecule has 0 unspecified atom stereocenters. The second-order valence-electron chi connectivity index (χ2n) is 15.1. The summed E-state index contributed by atoms with van der Waals surface area (Å²) in [4.78, 5) is 19.7. The molecular weight excluding hydrogens is 843 g/mol. The number of rotatable bonds is 9. The van der Waals surface area contributed by atoms with Gasteiger partial charge in [0.25, 0.3) is 0 Å². The minimum Gasteiger partial charge on any atom is -0.512 e. The number of hydrogen-bond acceptors (Lipinski definition) is 5. The van der Waals surface area contributed by atoms with Gasteiger partial charge in [-0.05, 0) is 72.6 Å². The Morgan fingerprint density at radius 1 is 0.784 bits per heavy atom. The molecule has 0 fully saturated rings. The topological polar surface area (TPSA) is 50.2 Å². The van der Waals surface area contributed by atoms with E-state index in [-0.39, 0.29) is 47.9 Å². The molecule has 0 aliphatic rings. The summed E-state index contributed by atoms with van der Waals surface area (Å²) in [6.45, 7) is 21.2. The van der Waals surface area contributed by atoms with Crippen molar-refractivity contribution in [3.8, 4) is 21.0 Å². The van der Waals surface area contributed by atoms with Crippen LogP contribution in [0.3, 0.4) is 0 Å². The molecule has 1 N–H and O–H groups in total. The van der Waals surface area contributed by atoms with Gasteiger partial charge < -0.3 is 5.11 Å². The molecule has 0 aliphatic heterocycles. The molecule has 3 nitrogen and oxygen atoms in total. The molecular formula is C45H52IrNO2S2-. The maximum Gasteiger partial charge on any atom is 0.164 e. The zero-order valence-corrected chi connectivity index (χ0v) is 35.8. The van der Waals surface area contributed by atoms with Gasteiger partial charge in [-0.25, -0.2) is 0 Å². The zero-order chi connectivity index (χ0) is 36.4. The van der Waals surface area contributed by atoms with Crippen LogP contribution in [0, 0.1) is 23.8 Å². The van der Waals surface area contributed by atoms with Crippen LogP contribution in [0.25, 0.3) is 52.0 Å². The molecule has 0 saturated carbocycles. The van der Waals surface area contributed by atoms with Gasteiger partial charge in [-0.1, -0.05) is 110 Å². The Bertz CT molecular complexity index is 2170. The van der Waals surface area contributed by atoms with E-state index >= 15 is 0 Å². The van der Waals surface area contributed by atoms with Gasteiger partial charge in [0.15, 0.2) is 5.78 Å². The molecule has 3 aromatic carbocycles. The van der Waals surface area contributed by atoms with E-state index in [0.29, 0.717) is 0 Å². The SMILES string of the molecule is CCC(C)(CC)C(=O)/C=C(\O)C(C)(CC)CC.Cc1c(-c2cc3c(-c4[c-]c5ccccc5c(C(C)(C)C)c4)nccc3s2)sc2ccccc12.[Ir]. The monoisotopic (exact) mass is 895 g/mol. The number of nitrogens with zero attached hydrogens (tertiary/aromatic N) is 1. The van der Waals surface area contributed by atoms with E-state index < -0.39 is 0 Å². The molecule has 3 heterocycles. The number of carbonyl (C=O) groups is 1. The number of carbonyl (C=O) groups excluding carboxylic acids is 1. The van der Waals surface area contributed by atoms with Gasteiger partial charge in [0.2, 0.25) is 0 Å². The van der Waals surface area contributed by atoms with E-state index in [1.807, 2.05) is 70.4 Å². The first-order valence-electron chi connectivity index (χ1n) is 18.0. The van der Waals surface area contributed by atoms with Crippen molar-refractivity contribution in [1.82, 2.24) is 4.98 Å². The van der Waals surface area contributed by atoms with Crippen LogP contribution in [0.4, 0.5) is 0 Å². The third-order valence-corrected chi connectivity index (χ3v) is 13.5. The number of pyridine rings is 1. The quantitative estimate of drug-likeness (QED) is 0.0894. The Morgan fingerprint density at radius 2 is 1.37 bits per heavy atom. The van der Waals surface area contributed by atoms with Crippen LogP contribution in [0.5, 0.6) is 0 Å². The van der Waals surface area contributed by atoms with Gasteiger partial charge in [0.05, 0.1) is 0 Å². The number of aliphatic hydroxyl groups excluding tert-OH is 1. The Hall–Kier alpha value is -3.15. The van der Waals surface area contributed by atoms with Crippen LogP contribution >= 0.6 is 22.7 Å². The molecule has 51 heavy (non-hydrogen) atoms. The predicted molar refractivity (Wildman–Crippen MR) is 219 cm³/mol. The summed E-state index contributed by atoms with van der Waals surface area (Å²) in [6, 6.07) is 27.7. The fraction of sp³-hybridized carbons (Fsp3) is 0.378. The number of hydrogen-bond donors (Lipinski definition) is 1. The van der Waals surface area contributed by atoms with E-state index in [0.717, 1.165) is 42.3 Å². The van der Waals surface area contributed by atoms with Gasteiger partial charge in [-0.3, -0.25) is 9.78 Å². The van der Waals surface area contributed by atoms with Gasteiger partial charge in [0, 0.05) is 68.1 Å². The number of allylic oxidation sites excluding steroid dienone is 2. The van der Waals surface area contributed by atoms with Crippen molar-refractivity contribution in [3.05, 3.63) is 102 Å². The molecule has 0 saturated heterocycles. The number of aliphatic hydroxyl groups is 1. The van der Waals surface area contributed by atoms with Crippen molar-refractivity contribution in [2.75, 3.05) is 0 Å². The molecule has 0 spiro atoms. The second kappa shape index (κ2) is 16.3. The van der Waals surface area contributed by atoms with Gasteiger partial charge in [0.1, 0.15) is 5.76 Å². The summed E-state index contributed by atoms with van der Waals surface area (Å²) in [6.07, 6.45) is 6.69. The molecule has 6 heteroatoms. The zero-order valence-electron chi connectivity index (χ0n) is 31.8. The average molecular weight is 895 g/mol. The fourth-order valence-corrected chi connectivity index (χ4v) is 8.78. The minimum absolute atomic E-state index is 0. The number of thiophene rings is 2. The average Bonchev–Trinajstić information content (AvgIpc) is 3.71. The molecule has 271 valence electrons. The molecule has 1 radical (unpaired) electrons. The van der Waals surface area contributed by atoms with E-state index in [4.69, 9.17) is 4.98 Å². The first-order valence-corrected chi connectivity index (χ1v) is 19.6. The van der Waals surface area contributed by atoms with Crippen LogP contribution in [0.15, 0.2) is 84.8 Å². The summed E-state index contributed by atoms with van der Waals surface area (Å²) in [5.74, 6) is 0.286. The first kappa shape index (κ1) is 40.6. The second-order valence-corrected chi connectivity index (χ2v) is 17.2. The first-order chi connectivity index (χ1) is 23.7. The number of aromatic nitrogens is 1. The number of benzene rings is 3. The van der Waals surface area contributed by atoms with Crippen molar-refractivity contribution < 1.29 is 30.0 Å². The predicted octanol–water partition coefficient (Wildman–Crippen LogP) is 14.1. The van der Waals surface area contributed by atoms with E-state index in [1.165, 1.54) is 52.5 Å². The normalized spacial score (nSPS) is 12.5. The van der Waals surface area contributed by atoms with Crippen LogP contribution < -0.4 is 0 Å². The third-order valence-electron chi connectivity index (χ3n) is 11.0. The Balaban J connectivity index is 0.000000279. The number of ketones is 1. The summed E-state index contributed by atoms with van der Waals surface area (Å²) < 4.78 is 2.62. The summed E-state index contributed by atoms with van der Waals surface area (Å²) in [5.41, 5.74) is 4.22. The summed E-state index contributed by atoms with van der Waals surface area (Å²) >= 11 is 3.74. The maximum atomic E-state index is 12.2. The molecule has 6 aromatic rings. The van der Waals surface area contributed by atoms with Crippen LogP contribution in [-0.4, -0.2) is 15.9 Å². The Morgan fingerprint density at radius 3 is 1.98 bits per heavy atom. The number of fused-ring (bicyclic) bond motifs is 3. The standard InChI is InChI=1S/C30H24NS2.C15H28O2.Ir/c1-18-21-10-7-8-12-25(21)33-29(18)27-17-23-26(32-27)13-14-31-28(23)20-15-19-9-5-6-11-22(19)24(16-20)30(2,3)4;1-7-14(5,8-2)12(16)11-13(17)15(6,9-3)10-4;/h5-14,16-17H,1-4H3;11,16H,7-10H2,1-6H3;/q-1;;/b;12-11-;. The molecule has 0 aliphatic carbocycles. The van der Waals surface area contributed by atoms with Crippen LogP contribution in [-0.2, 0) is 30.3 Å².